The van der Waals surface area contributed by atoms with Crippen LogP contribution in [0.1, 0.15) is 32.1 Å². The van der Waals surface area contributed by atoms with Gasteiger partial charge in [0.25, 0.3) is 0 Å². The molecule has 2 aliphatic heterocycles. The summed E-state index contributed by atoms with van der Waals surface area (Å²) in [7, 11) is 0. The molecule has 86 valence electrons. The highest BCUT2D eigenvalue weighted by Gasteiger charge is 2.32. The second kappa shape index (κ2) is 4.94. The van der Waals surface area contributed by atoms with Gasteiger partial charge in [-0.1, -0.05) is 0 Å². The fourth-order valence-electron chi connectivity index (χ4n) is 2.88. The first-order valence-corrected chi connectivity index (χ1v) is 6.03. The van der Waals surface area contributed by atoms with Gasteiger partial charge in [0.15, 0.2) is 0 Å². The van der Waals surface area contributed by atoms with Crippen LogP contribution in [0.3, 0.4) is 0 Å². The van der Waals surface area contributed by atoms with Crippen LogP contribution in [0.25, 0.3) is 0 Å². The maximum absolute atomic E-state index is 10.8. The number of primary amides is 1. The van der Waals surface area contributed by atoms with Crippen LogP contribution in [0.2, 0.25) is 0 Å². The third-order valence-corrected chi connectivity index (χ3v) is 3.62. The number of nitrogens with zero attached hydrogens (tertiary/aromatic N) is 1. The predicted molar refractivity (Wildman–Crippen MR) is 59.4 cm³/mol. The highest BCUT2D eigenvalue weighted by Crippen LogP contribution is 2.24. The lowest BCUT2D eigenvalue weighted by molar-refractivity contribution is -0.118. The van der Waals surface area contributed by atoms with Crippen LogP contribution in [-0.4, -0.2) is 42.5 Å². The van der Waals surface area contributed by atoms with Crippen molar-refractivity contribution < 1.29 is 4.79 Å². The first-order valence-electron chi connectivity index (χ1n) is 6.03. The van der Waals surface area contributed by atoms with Crippen molar-refractivity contribution in [1.29, 1.82) is 0 Å². The zero-order valence-corrected chi connectivity index (χ0v) is 9.24. The Balaban J connectivity index is 1.84. The monoisotopic (exact) mass is 211 g/mol. The number of likely N-dealkylation sites (tertiary alicyclic amines) is 1. The van der Waals surface area contributed by atoms with Crippen LogP contribution in [0, 0.1) is 0 Å². The second-order valence-electron chi connectivity index (χ2n) is 4.66. The lowest BCUT2D eigenvalue weighted by atomic mass is 10.0. The summed E-state index contributed by atoms with van der Waals surface area (Å²) in [5.74, 6) is -0.181. The average Bonchev–Trinajstić information content (AvgIpc) is 2.85. The number of hydrogen-bond donors (Lipinski definition) is 2. The van der Waals surface area contributed by atoms with Crippen molar-refractivity contribution in [3.8, 4) is 0 Å². The lowest BCUT2D eigenvalue weighted by Crippen LogP contribution is -2.44. The van der Waals surface area contributed by atoms with Gasteiger partial charge in [0.1, 0.15) is 0 Å². The van der Waals surface area contributed by atoms with Crippen LogP contribution in [-0.2, 0) is 4.79 Å². The van der Waals surface area contributed by atoms with E-state index in [9.17, 15) is 4.79 Å². The Labute approximate surface area is 91.2 Å². The van der Waals surface area contributed by atoms with Crippen molar-refractivity contribution in [2.45, 2.75) is 44.2 Å². The van der Waals surface area contributed by atoms with E-state index in [0.717, 1.165) is 19.6 Å². The zero-order chi connectivity index (χ0) is 10.7. The number of hydrogen-bond acceptors (Lipinski definition) is 3. The topological polar surface area (TPSA) is 58.4 Å². The van der Waals surface area contributed by atoms with Gasteiger partial charge in [-0.3, -0.25) is 9.69 Å². The highest BCUT2D eigenvalue weighted by molar-refractivity contribution is 5.73. The van der Waals surface area contributed by atoms with Gasteiger partial charge < -0.3 is 11.1 Å². The second-order valence-corrected chi connectivity index (χ2v) is 4.66. The summed E-state index contributed by atoms with van der Waals surface area (Å²) in [4.78, 5) is 13.2. The van der Waals surface area contributed by atoms with Crippen LogP contribution in [0.15, 0.2) is 0 Å². The molecule has 2 unspecified atom stereocenters. The Bertz CT molecular complexity index is 226. The van der Waals surface area contributed by atoms with Crippen molar-refractivity contribution >= 4 is 5.91 Å². The van der Waals surface area contributed by atoms with Gasteiger partial charge in [-0.2, -0.15) is 0 Å². The molecule has 0 aromatic heterocycles. The van der Waals surface area contributed by atoms with Crippen molar-refractivity contribution in [3.05, 3.63) is 0 Å². The average molecular weight is 211 g/mol. The van der Waals surface area contributed by atoms with Crippen molar-refractivity contribution in [2.75, 3.05) is 19.6 Å². The number of nitrogens with one attached hydrogen (secondary N) is 1. The van der Waals surface area contributed by atoms with Gasteiger partial charge in [-0.05, 0) is 38.8 Å². The first kappa shape index (κ1) is 10.9. The molecule has 2 heterocycles. The molecular weight excluding hydrogens is 190 g/mol. The van der Waals surface area contributed by atoms with Gasteiger partial charge in [-0.25, -0.2) is 0 Å². The summed E-state index contributed by atoms with van der Waals surface area (Å²) in [5.41, 5.74) is 5.19. The molecule has 0 aromatic carbocycles. The quantitative estimate of drug-likeness (QED) is 0.692. The van der Waals surface area contributed by atoms with E-state index in [1.807, 2.05) is 0 Å². The molecule has 2 fully saturated rings. The van der Waals surface area contributed by atoms with Gasteiger partial charge in [-0.15, -0.1) is 0 Å². The maximum Gasteiger partial charge on any atom is 0.218 e. The Morgan fingerprint density at radius 3 is 2.93 bits per heavy atom. The maximum atomic E-state index is 10.8. The van der Waals surface area contributed by atoms with Crippen LogP contribution in [0.5, 0.6) is 0 Å². The van der Waals surface area contributed by atoms with Crippen molar-refractivity contribution in [2.24, 2.45) is 5.73 Å². The molecule has 2 atom stereocenters. The van der Waals surface area contributed by atoms with E-state index >= 15 is 0 Å². The summed E-state index contributed by atoms with van der Waals surface area (Å²) in [6, 6.07) is 1.30. The number of carbonyl (C=O) groups is 1. The first-order chi connectivity index (χ1) is 7.27. The number of carbonyl (C=O) groups excluding carboxylic acids is 1. The normalized spacial score (nSPS) is 32.3. The molecule has 15 heavy (non-hydrogen) atoms. The van der Waals surface area contributed by atoms with E-state index in [-0.39, 0.29) is 5.91 Å². The summed E-state index contributed by atoms with van der Waals surface area (Å²) in [6.45, 7) is 3.14. The molecule has 4 heteroatoms. The molecule has 0 saturated carbocycles. The highest BCUT2D eigenvalue weighted by atomic mass is 16.1. The Hall–Kier alpha value is -0.610. The van der Waals surface area contributed by atoms with E-state index in [2.05, 4.69) is 10.2 Å². The Kier molecular flexibility index (Phi) is 3.59. The molecule has 3 N–H and O–H groups in total. The van der Waals surface area contributed by atoms with E-state index in [4.69, 9.17) is 5.73 Å². The smallest absolute Gasteiger partial charge is 0.218 e. The predicted octanol–water partition coefficient (Wildman–Crippen LogP) is 0.0782. The minimum atomic E-state index is -0.181. The standard InChI is InChI=1S/C11H21N3O/c12-11(15)5-8-14-7-2-4-10(14)9-3-1-6-13-9/h9-10,13H,1-8H2,(H2,12,15). The molecule has 0 spiro atoms. The summed E-state index contributed by atoms with van der Waals surface area (Å²) < 4.78 is 0. The lowest BCUT2D eigenvalue weighted by Gasteiger charge is -2.29. The molecule has 0 aromatic rings. The van der Waals surface area contributed by atoms with E-state index in [1.165, 1.54) is 25.7 Å². The minimum Gasteiger partial charge on any atom is -0.370 e. The largest absolute Gasteiger partial charge is 0.370 e. The number of rotatable bonds is 4. The van der Waals surface area contributed by atoms with Crippen LogP contribution < -0.4 is 11.1 Å². The van der Waals surface area contributed by atoms with Gasteiger partial charge in [0.05, 0.1) is 0 Å². The van der Waals surface area contributed by atoms with Crippen LogP contribution in [0.4, 0.5) is 0 Å². The molecular formula is C11H21N3O. The Morgan fingerprint density at radius 1 is 1.40 bits per heavy atom. The third kappa shape index (κ3) is 2.69. The zero-order valence-electron chi connectivity index (χ0n) is 9.24. The number of amides is 1. The van der Waals surface area contributed by atoms with Gasteiger partial charge in [0, 0.05) is 25.0 Å². The molecule has 2 aliphatic rings. The summed E-state index contributed by atoms with van der Waals surface area (Å²) in [5, 5.41) is 3.56. The van der Waals surface area contributed by atoms with E-state index < -0.39 is 0 Å². The molecule has 2 saturated heterocycles. The molecule has 0 aliphatic carbocycles. The summed E-state index contributed by atoms with van der Waals surface area (Å²) in [6.07, 6.45) is 5.63. The fourth-order valence-corrected chi connectivity index (χ4v) is 2.88. The third-order valence-electron chi connectivity index (χ3n) is 3.62. The van der Waals surface area contributed by atoms with E-state index in [1.54, 1.807) is 0 Å². The molecule has 0 bridgehead atoms. The molecule has 0 radical (unpaired) electrons. The molecule has 2 rings (SSSR count). The minimum absolute atomic E-state index is 0.181. The van der Waals surface area contributed by atoms with Gasteiger partial charge in [0.2, 0.25) is 5.91 Å². The molecule has 4 nitrogen and oxygen atoms in total. The van der Waals surface area contributed by atoms with Crippen molar-refractivity contribution in [1.82, 2.24) is 10.2 Å². The SMILES string of the molecule is NC(=O)CCN1CCCC1C1CCCN1. The Morgan fingerprint density at radius 2 is 2.27 bits per heavy atom. The number of nitrogens with two attached hydrogens (primary N) is 1. The fraction of sp³-hybridized carbons (Fsp3) is 0.909. The summed E-state index contributed by atoms with van der Waals surface area (Å²) >= 11 is 0. The molecule has 1 amide bonds. The van der Waals surface area contributed by atoms with Crippen molar-refractivity contribution in [3.63, 3.8) is 0 Å². The van der Waals surface area contributed by atoms with Crippen LogP contribution >= 0.6 is 0 Å². The van der Waals surface area contributed by atoms with E-state index in [0.29, 0.717) is 18.5 Å². The van der Waals surface area contributed by atoms with Gasteiger partial charge >= 0.3 is 0 Å².